The van der Waals surface area contributed by atoms with Crippen molar-refractivity contribution in [3.8, 4) is 0 Å². The molecule has 0 aromatic rings. The van der Waals surface area contributed by atoms with Crippen LogP contribution in [0, 0.1) is 0 Å². The molecule has 0 aliphatic heterocycles. The summed E-state index contributed by atoms with van der Waals surface area (Å²) >= 11 is 0. The molecule has 0 aromatic carbocycles. The molecule has 0 radical (unpaired) electrons. The molecule has 0 aliphatic rings. The zero-order valence-electron chi connectivity index (χ0n) is 8.12. The molecular weight excluding hydrogens is 176 g/mol. The van der Waals surface area contributed by atoms with E-state index in [4.69, 9.17) is 0 Å². The van der Waals surface area contributed by atoms with E-state index in [9.17, 15) is 9.59 Å². The first kappa shape index (κ1) is 14.1. The number of rotatable bonds is 2. The third-order valence-corrected chi connectivity index (χ3v) is 0.766. The van der Waals surface area contributed by atoms with Crippen LogP contribution in [0.5, 0.6) is 0 Å². The fourth-order valence-electron chi connectivity index (χ4n) is 0.346. The average Bonchev–Trinajstić information content (AvgIpc) is 2.05. The molecule has 0 spiro atoms. The van der Waals surface area contributed by atoms with Gasteiger partial charge in [-0.2, -0.15) is 0 Å². The lowest BCUT2D eigenvalue weighted by Crippen LogP contribution is -2.18. The van der Waals surface area contributed by atoms with Gasteiger partial charge in [0.25, 0.3) is 0 Å². The third kappa shape index (κ3) is 18.0. The molecule has 6 nitrogen and oxygen atoms in total. The summed E-state index contributed by atoms with van der Waals surface area (Å²) in [5.74, 6) is 0. The van der Waals surface area contributed by atoms with Gasteiger partial charge >= 0.3 is 12.2 Å². The van der Waals surface area contributed by atoms with Gasteiger partial charge in [-0.3, -0.25) is 0 Å². The first-order valence-corrected chi connectivity index (χ1v) is 3.85. The number of hydrogen-bond donors (Lipinski definition) is 2. The number of ether oxygens (including phenoxy) is 2. The zero-order valence-corrected chi connectivity index (χ0v) is 8.12. The molecule has 13 heavy (non-hydrogen) atoms. The van der Waals surface area contributed by atoms with Crippen LogP contribution in [-0.2, 0) is 9.47 Å². The fraction of sp³-hybridized carbons (Fsp3) is 0.714. The summed E-state index contributed by atoms with van der Waals surface area (Å²) in [4.78, 5) is 19.7. The maximum absolute atomic E-state index is 10.1. The Labute approximate surface area is 77.4 Å². The minimum Gasteiger partial charge on any atom is -0.450 e. The van der Waals surface area contributed by atoms with Crippen LogP contribution in [0.2, 0.25) is 0 Å². The Balaban J connectivity index is 0. The van der Waals surface area contributed by atoms with Gasteiger partial charge < -0.3 is 20.5 Å². The third-order valence-electron chi connectivity index (χ3n) is 0.766. The lowest BCUT2D eigenvalue weighted by atomic mass is 10.9. The number of amides is 2. The molecule has 0 heterocycles. The molecule has 3 N–H and O–H groups in total. The molecule has 0 aliphatic carbocycles. The molecule has 0 rings (SSSR count). The number of nitrogens with one attached hydrogen (secondary N) is 1. The van der Waals surface area contributed by atoms with Crippen LogP contribution in [0.15, 0.2) is 0 Å². The van der Waals surface area contributed by atoms with Crippen LogP contribution in [0.25, 0.3) is 0 Å². The highest BCUT2D eigenvalue weighted by Crippen LogP contribution is 1.70. The zero-order chi connectivity index (χ0) is 10.7. The van der Waals surface area contributed by atoms with E-state index in [1.54, 1.807) is 13.8 Å². The second kappa shape index (κ2) is 10.5. The van der Waals surface area contributed by atoms with Crippen LogP contribution >= 0.6 is 0 Å². The molecule has 78 valence electrons. The molecule has 0 bridgehead atoms. The summed E-state index contributed by atoms with van der Waals surface area (Å²) in [6, 6.07) is 0. The van der Waals surface area contributed by atoms with Crippen molar-refractivity contribution in [2.75, 3.05) is 20.3 Å². The number of alkyl carbamates (subject to hydrolysis) is 1. The molecule has 0 saturated heterocycles. The van der Waals surface area contributed by atoms with Gasteiger partial charge in [-0.05, 0) is 13.8 Å². The van der Waals surface area contributed by atoms with E-state index in [2.05, 4.69) is 20.5 Å². The van der Waals surface area contributed by atoms with Crippen LogP contribution in [-0.4, -0.2) is 32.4 Å². The van der Waals surface area contributed by atoms with Gasteiger partial charge in [-0.1, -0.05) is 0 Å². The number of primary amides is 1. The Hall–Kier alpha value is -1.46. The van der Waals surface area contributed by atoms with Gasteiger partial charge in [-0.25, -0.2) is 9.59 Å². The lowest BCUT2D eigenvalue weighted by Gasteiger charge is -1.95. The first-order valence-electron chi connectivity index (χ1n) is 3.85. The standard InChI is InChI=1S/C4H9NO2.C3H7NO2/c1-3-7-4(6)5-2;1-2-6-3(4)5/h3H2,1-2H3,(H,5,6);2H2,1H3,(H2,4,5). The molecule has 0 aromatic heterocycles. The number of carbonyl (C=O) groups is 2. The van der Waals surface area contributed by atoms with Crippen molar-refractivity contribution < 1.29 is 19.1 Å². The molecule has 0 fully saturated rings. The summed E-state index contributed by atoms with van der Waals surface area (Å²) in [5.41, 5.74) is 4.54. The van der Waals surface area contributed by atoms with Crippen molar-refractivity contribution >= 4 is 12.2 Å². The van der Waals surface area contributed by atoms with E-state index in [0.717, 1.165) is 0 Å². The van der Waals surface area contributed by atoms with Gasteiger partial charge in [0.1, 0.15) is 0 Å². The van der Waals surface area contributed by atoms with Crippen LogP contribution < -0.4 is 11.1 Å². The second-order valence-corrected chi connectivity index (χ2v) is 1.72. The molecule has 6 heteroatoms. The predicted molar refractivity (Wildman–Crippen MR) is 47.3 cm³/mol. The van der Waals surface area contributed by atoms with E-state index >= 15 is 0 Å². The van der Waals surface area contributed by atoms with Crippen molar-refractivity contribution in [1.29, 1.82) is 0 Å². The Morgan fingerprint density at radius 1 is 1.23 bits per heavy atom. The molecule has 2 amide bonds. The van der Waals surface area contributed by atoms with Crippen LogP contribution in [0.3, 0.4) is 0 Å². The summed E-state index contributed by atoms with van der Waals surface area (Å²) in [6.07, 6.45) is -1.08. The second-order valence-electron chi connectivity index (χ2n) is 1.72. The maximum Gasteiger partial charge on any atom is 0.406 e. The predicted octanol–water partition coefficient (Wildman–Crippen LogP) is 0.464. The summed E-state index contributed by atoms with van der Waals surface area (Å²) in [7, 11) is 1.53. The fourth-order valence-corrected chi connectivity index (χ4v) is 0.346. The normalized spacial score (nSPS) is 7.62. The SMILES string of the molecule is CCOC(=O)NC.CCOC(N)=O. The number of hydrogen-bond acceptors (Lipinski definition) is 4. The summed E-state index contributed by atoms with van der Waals surface area (Å²) in [6.45, 7) is 4.25. The maximum atomic E-state index is 10.1. The van der Waals surface area contributed by atoms with Crippen molar-refractivity contribution in [3.63, 3.8) is 0 Å². The van der Waals surface area contributed by atoms with Crippen molar-refractivity contribution in [1.82, 2.24) is 5.32 Å². The van der Waals surface area contributed by atoms with Gasteiger partial charge in [0.05, 0.1) is 13.2 Å². The van der Waals surface area contributed by atoms with Crippen LogP contribution in [0.1, 0.15) is 13.8 Å². The Morgan fingerprint density at radius 2 is 1.69 bits per heavy atom. The highest BCUT2D eigenvalue weighted by atomic mass is 16.5. The largest absolute Gasteiger partial charge is 0.450 e. The minimum atomic E-state index is -0.711. The summed E-state index contributed by atoms with van der Waals surface area (Å²) in [5, 5.41) is 2.30. The van der Waals surface area contributed by atoms with E-state index in [1.165, 1.54) is 7.05 Å². The quantitative estimate of drug-likeness (QED) is 0.665. The highest BCUT2D eigenvalue weighted by molar-refractivity contribution is 5.66. The minimum absolute atomic E-state index is 0.356. The Kier molecular flexibility index (Phi) is 11.4. The van der Waals surface area contributed by atoms with Gasteiger partial charge in [0, 0.05) is 7.05 Å². The number of nitrogens with two attached hydrogens (primary N) is 1. The van der Waals surface area contributed by atoms with E-state index in [0.29, 0.717) is 13.2 Å². The average molecular weight is 192 g/mol. The van der Waals surface area contributed by atoms with E-state index < -0.39 is 6.09 Å². The van der Waals surface area contributed by atoms with Gasteiger partial charge in [0.15, 0.2) is 0 Å². The topological polar surface area (TPSA) is 90.7 Å². The smallest absolute Gasteiger partial charge is 0.406 e. The Morgan fingerprint density at radius 3 is 1.77 bits per heavy atom. The van der Waals surface area contributed by atoms with Crippen molar-refractivity contribution in [2.24, 2.45) is 5.73 Å². The first-order chi connectivity index (χ1) is 6.08. The van der Waals surface area contributed by atoms with Crippen molar-refractivity contribution in [3.05, 3.63) is 0 Å². The lowest BCUT2D eigenvalue weighted by molar-refractivity contribution is 0.154. The van der Waals surface area contributed by atoms with Crippen LogP contribution in [0.4, 0.5) is 9.59 Å². The van der Waals surface area contributed by atoms with Crippen molar-refractivity contribution in [2.45, 2.75) is 13.8 Å². The molecule has 0 atom stereocenters. The molecule has 0 unspecified atom stereocenters. The highest BCUT2D eigenvalue weighted by Gasteiger charge is 1.89. The van der Waals surface area contributed by atoms with Gasteiger partial charge in [-0.15, -0.1) is 0 Å². The molecule has 0 saturated carbocycles. The number of carbonyl (C=O) groups excluding carboxylic acids is 2. The van der Waals surface area contributed by atoms with E-state index in [1.807, 2.05) is 0 Å². The molecular formula is C7H16N2O4. The monoisotopic (exact) mass is 192 g/mol. The summed E-state index contributed by atoms with van der Waals surface area (Å²) < 4.78 is 8.62. The van der Waals surface area contributed by atoms with Gasteiger partial charge in [0.2, 0.25) is 0 Å². The Bertz CT molecular complexity index is 149. The van der Waals surface area contributed by atoms with E-state index in [-0.39, 0.29) is 6.09 Å².